The van der Waals surface area contributed by atoms with Crippen LogP contribution in [0, 0.1) is 6.92 Å². The van der Waals surface area contributed by atoms with Crippen LogP contribution in [0.15, 0.2) is 24.5 Å². The van der Waals surface area contributed by atoms with Crippen molar-refractivity contribution in [2.24, 2.45) is 5.84 Å². The second-order valence-corrected chi connectivity index (χ2v) is 5.30. The third kappa shape index (κ3) is 3.00. The lowest BCUT2D eigenvalue weighted by molar-refractivity contribution is 0.850. The SMILES string of the molecule is Cc1ccc(Cl)c(Nc2ncnc(NN)c2C(C)C)c1. The third-order valence-electron chi connectivity index (χ3n) is 2.97. The monoisotopic (exact) mass is 291 g/mol. The molecule has 1 heterocycles. The van der Waals surface area contributed by atoms with Crippen LogP contribution >= 0.6 is 11.6 Å². The van der Waals surface area contributed by atoms with E-state index in [1.807, 2.05) is 25.1 Å². The first-order valence-corrected chi connectivity index (χ1v) is 6.75. The molecule has 0 amide bonds. The molecule has 1 aromatic carbocycles. The second kappa shape index (κ2) is 6.07. The van der Waals surface area contributed by atoms with Crippen molar-refractivity contribution in [3.05, 3.63) is 40.7 Å². The maximum atomic E-state index is 6.21. The molecule has 6 heteroatoms. The van der Waals surface area contributed by atoms with Crippen molar-refractivity contribution in [1.29, 1.82) is 0 Å². The minimum Gasteiger partial charge on any atom is -0.339 e. The Balaban J connectivity index is 2.45. The molecule has 0 spiro atoms. The molecule has 2 aromatic rings. The normalized spacial score (nSPS) is 10.7. The number of aryl methyl sites for hydroxylation is 1. The summed E-state index contributed by atoms with van der Waals surface area (Å²) < 4.78 is 0. The van der Waals surface area contributed by atoms with Gasteiger partial charge in [-0.25, -0.2) is 15.8 Å². The van der Waals surface area contributed by atoms with Crippen LogP contribution in [0.2, 0.25) is 5.02 Å². The third-order valence-corrected chi connectivity index (χ3v) is 3.30. The van der Waals surface area contributed by atoms with Crippen molar-refractivity contribution < 1.29 is 0 Å². The van der Waals surface area contributed by atoms with Crippen LogP contribution in [0.3, 0.4) is 0 Å². The number of nitrogen functional groups attached to an aromatic ring is 1. The maximum Gasteiger partial charge on any atom is 0.148 e. The van der Waals surface area contributed by atoms with E-state index in [0.29, 0.717) is 16.7 Å². The quantitative estimate of drug-likeness (QED) is 0.593. The fourth-order valence-electron chi connectivity index (χ4n) is 2.02. The molecule has 0 aliphatic rings. The first-order valence-electron chi connectivity index (χ1n) is 6.37. The Labute approximate surface area is 123 Å². The smallest absolute Gasteiger partial charge is 0.148 e. The van der Waals surface area contributed by atoms with Crippen LogP contribution in [0.25, 0.3) is 0 Å². The molecule has 2 rings (SSSR count). The average molecular weight is 292 g/mol. The second-order valence-electron chi connectivity index (χ2n) is 4.89. The Kier molecular flexibility index (Phi) is 4.42. The van der Waals surface area contributed by atoms with Gasteiger partial charge in [-0.05, 0) is 30.5 Å². The van der Waals surface area contributed by atoms with E-state index in [0.717, 1.165) is 16.8 Å². The molecule has 0 fully saturated rings. The fraction of sp³-hybridized carbons (Fsp3) is 0.286. The molecule has 0 aliphatic heterocycles. The minimum absolute atomic E-state index is 0.216. The highest BCUT2D eigenvalue weighted by Crippen LogP contribution is 2.32. The zero-order chi connectivity index (χ0) is 14.7. The Morgan fingerprint density at radius 3 is 2.55 bits per heavy atom. The lowest BCUT2D eigenvalue weighted by Crippen LogP contribution is -2.14. The van der Waals surface area contributed by atoms with Crippen LogP contribution in [-0.2, 0) is 0 Å². The number of nitrogens with one attached hydrogen (secondary N) is 2. The molecule has 1 aromatic heterocycles. The van der Waals surface area contributed by atoms with Crippen LogP contribution in [0.4, 0.5) is 17.3 Å². The van der Waals surface area contributed by atoms with E-state index in [4.69, 9.17) is 17.4 Å². The summed E-state index contributed by atoms with van der Waals surface area (Å²) in [7, 11) is 0. The zero-order valence-corrected chi connectivity index (χ0v) is 12.5. The highest BCUT2D eigenvalue weighted by molar-refractivity contribution is 6.33. The molecular weight excluding hydrogens is 274 g/mol. The van der Waals surface area contributed by atoms with Crippen molar-refractivity contribution >= 4 is 28.9 Å². The number of halogens is 1. The zero-order valence-electron chi connectivity index (χ0n) is 11.7. The van der Waals surface area contributed by atoms with Gasteiger partial charge in [0.25, 0.3) is 0 Å². The summed E-state index contributed by atoms with van der Waals surface area (Å²) in [6.45, 7) is 6.13. The summed E-state index contributed by atoms with van der Waals surface area (Å²) in [5, 5.41) is 3.90. The van der Waals surface area contributed by atoms with Crippen molar-refractivity contribution in [3.8, 4) is 0 Å². The molecular formula is C14H18ClN5. The van der Waals surface area contributed by atoms with Gasteiger partial charge < -0.3 is 10.7 Å². The van der Waals surface area contributed by atoms with E-state index in [2.05, 4.69) is 34.6 Å². The van der Waals surface area contributed by atoms with Crippen LogP contribution in [0.5, 0.6) is 0 Å². The summed E-state index contributed by atoms with van der Waals surface area (Å²) in [6.07, 6.45) is 1.47. The van der Waals surface area contributed by atoms with Crippen molar-refractivity contribution in [2.75, 3.05) is 10.7 Å². The summed E-state index contributed by atoms with van der Waals surface area (Å²) in [6, 6.07) is 5.80. The van der Waals surface area contributed by atoms with Gasteiger partial charge in [0, 0.05) is 5.56 Å². The number of hydrazine groups is 1. The fourth-order valence-corrected chi connectivity index (χ4v) is 2.18. The molecule has 20 heavy (non-hydrogen) atoms. The number of anilines is 3. The molecule has 0 unspecified atom stereocenters. The lowest BCUT2D eigenvalue weighted by atomic mass is 10.0. The summed E-state index contributed by atoms with van der Waals surface area (Å²) in [5.74, 6) is 7.04. The Bertz CT molecular complexity index is 613. The predicted molar refractivity (Wildman–Crippen MR) is 83.4 cm³/mol. The largest absolute Gasteiger partial charge is 0.339 e. The summed E-state index contributed by atoms with van der Waals surface area (Å²) in [5.41, 5.74) is 5.46. The van der Waals surface area contributed by atoms with Gasteiger partial charge in [0.15, 0.2) is 0 Å². The van der Waals surface area contributed by atoms with Gasteiger partial charge in [-0.3, -0.25) is 0 Å². The Morgan fingerprint density at radius 2 is 1.90 bits per heavy atom. The van der Waals surface area contributed by atoms with Gasteiger partial charge in [-0.2, -0.15) is 0 Å². The summed E-state index contributed by atoms with van der Waals surface area (Å²) in [4.78, 5) is 8.44. The molecule has 5 nitrogen and oxygen atoms in total. The Morgan fingerprint density at radius 1 is 1.20 bits per heavy atom. The number of hydrogen-bond acceptors (Lipinski definition) is 5. The molecule has 0 saturated heterocycles. The summed E-state index contributed by atoms with van der Waals surface area (Å²) >= 11 is 6.21. The minimum atomic E-state index is 0.216. The predicted octanol–water partition coefficient (Wildman–Crippen LogP) is 3.59. The van der Waals surface area contributed by atoms with Crippen LogP contribution in [-0.4, -0.2) is 9.97 Å². The number of benzene rings is 1. The first-order chi connectivity index (χ1) is 9.52. The molecule has 0 radical (unpaired) electrons. The molecule has 0 saturated carbocycles. The van der Waals surface area contributed by atoms with Gasteiger partial charge in [0.1, 0.15) is 18.0 Å². The van der Waals surface area contributed by atoms with E-state index in [1.165, 1.54) is 6.33 Å². The lowest BCUT2D eigenvalue weighted by Gasteiger charge is -2.17. The first kappa shape index (κ1) is 14.6. The molecule has 4 N–H and O–H groups in total. The van der Waals surface area contributed by atoms with Gasteiger partial charge in [-0.1, -0.05) is 31.5 Å². The van der Waals surface area contributed by atoms with E-state index >= 15 is 0 Å². The van der Waals surface area contributed by atoms with Crippen LogP contribution < -0.4 is 16.6 Å². The van der Waals surface area contributed by atoms with Gasteiger partial charge in [-0.15, -0.1) is 0 Å². The maximum absolute atomic E-state index is 6.21. The average Bonchev–Trinajstić information content (AvgIpc) is 2.42. The highest BCUT2D eigenvalue weighted by atomic mass is 35.5. The van der Waals surface area contributed by atoms with Crippen LogP contribution in [0.1, 0.15) is 30.9 Å². The number of aromatic nitrogens is 2. The van der Waals surface area contributed by atoms with Crippen molar-refractivity contribution in [2.45, 2.75) is 26.7 Å². The molecule has 0 atom stereocenters. The van der Waals surface area contributed by atoms with Crippen molar-refractivity contribution in [3.63, 3.8) is 0 Å². The molecule has 106 valence electrons. The Hall–Kier alpha value is -1.85. The van der Waals surface area contributed by atoms with Gasteiger partial charge in [0.2, 0.25) is 0 Å². The van der Waals surface area contributed by atoms with E-state index in [1.54, 1.807) is 0 Å². The standard InChI is InChI=1S/C14H18ClN5/c1-8(2)12-13(17-7-18-14(12)20-16)19-11-6-9(3)4-5-10(11)15/h4-8H,16H2,1-3H3,(H2,17,18,19,20). The molecule has 0 bridgehead atoms. The van der Waals surface area contributed by atoms with E-state index < -0.39 is 0 Å². The number of nitrogens with two attached hydrogens (primary N) is 1. The topological polar surface area (TPSA) is 75.9 Å². The number of hydrogen-bond donors (Lipinski definition) is 3. The van der Waals surface area contributed by atoms with Gasteiger partial charge >= 0.3 is 0 Å². The molecule has 0 aliphatic carbocycles. The van der Waals surface area contributed by atoms with Crippen molar-refractivity contribution in [1.82, 2.24) is 9.97 Å². The van der Waals surface area contributed by atoms with E-state index in [9.17, 15) is 0 Å². The van der Waals surface area contributed by atoms with E-state index in [-0.39, 0.29) is 5.92 Å². The number of nitrogens with zero attached hydrogens (tertiary/aromatic N) is 2. The van der Waals surface area contributed by atoms with Gasteiger partial charge in [0.05, 0.1) is 10.7 Å². The number of rotatable bonds is 4. The highest BCUT2D eigenvalue weighted by Gasteiger charge is 2.15.